The number of hydrogen-bond acceptors (Lipinski definition) is 2. The Morgan fingerprint density at radius 3 is 2.60 bits per heavy atom. The summed E-state index contributed by atoms with van der Waals surface area (Å²) < 4.78 is 27.5. The highest BCUT2D eigenvalue weighted by Crippen LogP contribution is 2.36. The minimum absolute atomic E-state index is 0.216. The Balaban J connectivity index is 1.71. The first-order valence-corrected chi connectivity index (χ1v) is 7.55. The van der Waals surface area contributed by atoms with Crippen LogP contribution < -0.4 is 5.32 Å². The summed E-state index contributed by atoms with van der Waals surface area (Å²) in [7, 11) is 0. The SMILES string of the molecule is Fc1cccc(F)c1CN1CCCC2(CCCNC2)C1. The third-order valence-electron chi connectivity index (χ3n) is 4.74. The highest BCUT2D eigenvalue weighted by Gasteiger charge is 2.36. The lowest BCUT2D eigenvalue weighted by Crippen LogP contribution is -2.50. The smallest absolute Gasteiger partial charge is 0.130 e. The quantitative estimate of drug-likeness (QED) is 0.896. The molecule has 2 aliphatic heterocycles. The number of rotatable bonds is 2. The molecule has 1 spiro atoms. The molecule has 2 fully saturated rings. The average molecular weight is 280 g/mol. The molecule has 0 radical (unpaired) electrons. The second-order valence-electron chi connectivity index (χ2n) is 6.29. The van der Waals surface area contributed by atoms with Gasteiger partial charge >= 0.3 is 0 Å². The van der Waals surface area contributed by atoms with E-state index in [2.05, 4.69) is 10.2 Å². The summed E-state index contributed by atoms with van der Waals surface area (Å²) in [6.07, 6.45) is 4.80. The normalized spacial score (nSPS) is 27.9. The van der Waals surface area contributed by atoms with Crippen LogP contribution in [0.25, 0.3) is 0 Å². The van der Waals surface area contributed by atoms with Crippen molar-refractivity contribution in [1.82, 2.24) is 10.2 Å². The molecule has 0 aliphatic carbocycles. The van der Waals surface area contributed by atoms with Gasteiger partial charge in [-0.25, -0.2) is 8.78 Å². The van der Waals surface area contributed by atoms with E-state index in [1.54, 1.807) is 0 Å². The fourth-order valence-corrected chi connectivity index (χ4v) is 3.73. The van der Waals surface area contributed by atoms with E-state index in [1.807, 2.05) is 0 Å². The van der Waals surface area contributed by atoms with Crippen LogP contribution in [0.1, 0.15) is 31.2 Å². The lowest BCUT2D eigenvalue weighted by molar-refractivity contribution is 0.0587. The van der Waals surface area contributed by atoms with Crippen LogP contribution in [0.2, 0.25) is 0 Å². The Labute approximate surface area is 119 Å². The second kappa shape index (κ2) is 5.78. The van der Waals surface area contributed by atoms with Gasteiger partial charge in [0, 0.05) is 25.2 Å². The Morgan fingerprint density at radius 1 is 1.15 bits per heavy atom. The third-order valence-corrected chi connectivity index (χ3v) is 4.74. The van der Waals surface area contributed by atoms with Gasteiger partial charge in [-0.2, -0.15) is 0 Å². The lowest BCUT2D eigenvalue weighted by atomic mass is 9.74. The summed E-state index contributed by atoms with van der Waals surface area (Å²) >= 11 is 0. The molecule has 4 heteroatoms. The summed E-state index contributed by atoms with van der Waals surface area (Å²) in [4.78, 5) is 2.22. The number of hydrogen-bond donors (Lipinski definition) is 1. The van der Waals surface area contributed by atoms with Gasteiger partial charge in [-0.05, 0) is 56.3 Å². The van der Waals surface area contributed by atoms with Crippen LogP contribution in [-0.2, 0) is 6.54 Å². The standard InChI is InChI=1S/C16H22F2N2/c17-14-4-1-5-15(18)13(14)10-20-9-3-7-16(12-20)6-2-8-19-11-16/h1,4-5,19H,2-3,6-12H2. The molecule has 1 N–H and O–H groups in total. The Bertz CT molecular complexity index is 444. The predicted octanol–water partition coefficient (Wildman–Crippen LogP) is 2.93. The molecule has 1 atom stereocenters. The summed E-state index contributed by atoms with van der Waals surface area (Å²) in [5.74, 6) is -0.849. The van der Waals surface area contributed by atoms with Crippen molar-refractivity contribution in [2.75, 3.05) is 26.2 Å². The summed E-state index contributed by atoms with van der Waals surface area (Å²) in [6, 6.07) is 4.12. The molecule has 1 aromatic carbocycles. The van der Waals surface area contributed by atoms with Gasteiger partial charge < -0.3 is 5.32 Å². The van der Waals surface area contributed by atoms with Crippen molar-refractivity contribution in [2.24, 2.45) is 5.41 Å². The first-order valence-electron chi connectivity index (χ1n) is 7.55. The summed E-state index contributed by atoms with van der Waals surface area (Å²) in [5.41, 5.74) is 0.534. The van der Waals surface area contributed by atoms with Gasteiger partial charge in [0.05, 0.1) is 0 Å². The number of piperidine rings is 2. The van der Waals surface area contributed by atoms with Gasteiger partial charge in [0.2, 0.25) is 0 Å². The number of likely N-dealkylation sites (tertiary alicyclic amines) is 1. The monoisotopic (exact) mass is 280 g/mol. The maximum atomic E-state index is 13.8. The number of benzene rings is 1. The van der Waals surface area contributed by atoms with Crippen LogP contribution >= 0.6 is 0 Å². The summed E-state index contributed by atoms with van der Waals surface area (Å²) in [6.45, 7) is 4.43. The average Bonchev–Trinajstić information content (AvgIpc) is 2.44. The van der Waals surface area contributed by atoms with Gasteiger partial charge in [0.1, 0.15) is 11.6 Å². The largest absolute Gasteiger partial charge is 0.316 e. The molecular formula is C16H22F2N2. The van der Waals surface area contributed by atoms with Crippen LogP contribution in [-0.4, -0.2) is 31.1 Å². The van der Waals surface area contributed by atoms with Crippen LogP contribution in [0.4, 0.5) is 8.78 Å². The van der Waals surface area contributed by atoms with Gasteiger partial charge in [0.25, 0.3) is 0 Å². The zero-order chi connectivity index (χ0) is 14.0. The maximum absolute atomic E-state index is 13.8. The van der Waals surface area contributed by atoms with E-state index in [4.69, 9.17) is 0 Å². The highest BCUT2D eigenvalue weighted by atomic mass is 19.1. The molecule has 2 heterocycles. The second-order valence-corrected chi connectivity index (χ2v) is 6.29. The molecule has 2 saturated heterocycles. The van der Waals surface area contributed by atoms with E-state index >= 15 is 0 Å². The predicted molar refractivity (Wildman–Crippen MR) is 75.4 cm³/mol. The lowest BCUT2D eigenvalue weighted by Gasteiger charge is -2.45. The van der Waals surface area contributed by atoms with E-state index in [-0.39, 0.29) is 5.56 Å². The highest BCUT2D eigenvalue weighted by molar-refractivity contribution is 5.19. The molecule has 0 amide bonds. The molecule has 110 valence electrons. The number of halogens is 2. The first kappa shape index (κ1) is 14.0. The minimum Gasteiger partial charge on any atom is -0.316 e. The molecule has 1 aromatic rings. The molecule has 3 rings (SSSR count). The van der Waals surface area contributed by atoms with Crippen LogP contribution in [0, 0.1) is 17.0 Å². The van der Waals surface area contributed by atoms with Gasteiger partial charge in [-0.1, -0.05) is 6.07 Å². The molecule has 0 aromatic heterocycles. The van der Waals surface area contributed by atoms with Crippen molar-refractivity contribution in [3.05, 3.63) is 35.4 Å². The molecule has 2 aliphatic rings. The Kier molecular flexibility index (Phi) is 4.03. The van der Waals surface area contributed by atoms with E-state index in [0.29, 0.717) is 12.0 Å². The van der Waals surface area contributed by atoms with Crippen LogP contribution in [0.3, 0.4) is 0 Å². The molecule has 20 heavy (non-hydrogen) atoms. The zero-order valence-corrected chi connectivity index (χ0v) is 11.8. The third kappa shape index (κ3) is 2.86. The molecule has 1 unspecified atom stereocenters. The number of nitrogens with zero attached hydrogens (tertiary/aromatic N) is 1. The molecular weight excluding hydrogens is 258 g/mol. The molecule has 2 nitrogen and oxygen atoms in total. The van der Waals surface area contributed by atoms with E-state index < -0.39 is 11.6 Å². The van der Waals surface area contributed by atoms with Crippen molar-refractivity contribution in [3.8, 4) is 0 Å². The Morgan fingerprint density at radius 2 is 1.90 bits per heavy atom. The van der Waals surface area contributed by atoms with E-state index in [9.17, 15) is 8.78 Å². The molecule has 0 saturated carbocycles. The van der Waals surface area contributed by atoms with Crippen molar-refractivity contribution >= 4 is 0 Å². The van der Waals surface area contributed by atoms with E-state index in [0.717, 1.165) is 32.6 Å². The fourth-order valence-electron chi connectivity index (χ4n) is 3.73. The number of nitrogens with one attached hydrogen (secondary N) is 1. The van der Waals surface area contributed by atoms with Crippen molar-refractivity contribution < 1.29 is 8.78 Å². The van der Waals surface area contributed by atoms with Crippen molar-refractivity contribution in [2.45, 2.75) is 32.2 Å². The van der Waals surface area contributed by atoms with Crippen molar-refractivity contribution in [1.29, 1.82) is 0 Å². The topological polar surface area (TPSA) is 15.3 Å². The van der Waals surface area contributed by atoms with Crippen molar-refractivity contribution in [3.63, 3.8) is 0 Å². The fraction of sp³-hybridized carbons (Fsp3) is 0.625. The van der Waals surface area contributed by atoms with Gasteiger partial charge in [-0.15, -0.1) is 0 Å². The van der Waals surface area contributed by atoms with Gasteiger partial charge in [-0.3, -0.25) is 4.90 Å². The summed E-state index contributed by atoms with van der Waals surface area (Å²) in [5, 5.41) is 3.48. The van der Waals surface area contributed by atoms with Crippen LogP contribution in [0.15, 0.2) is 18.2 Å². The first-order chi connectivity index (χ1) is 9.69. The van der Waals surface area contributed by atoms with Gasteiger partial charge in [0.15, 0.2) is 0 Å². The minimum atomic E-state index is -0.425. The van der Waals surface area contributed by atoms with Crippen LogP contribution in [0.5, 0.6) is 0 Å². The zero-order valence-electron chi connectivity index (χ0n) is 11.8. The van der Waals surface area contributed by atoms with E-state index in [1.165, 1.54) is 37.5 Å². The molecule has 0 bridgehead atoms. The maximum Gasteiger partial charge on any atom is 0.130 e. The Hall–Kier alpha value is -1.00.